The molecule has 0 spiro atoms. The molecule has 2 aliphatic rings. The summed E-state index contributed by atoms with van der Waals surface area (Å²) in [6.45, 7) is 4.03. The standard InChI is InChI=1S/C16H21N5O/c1-9-5-6-17-16-19-14(20-21(9)16)15(22)18-10(2)13-8-11-3-4-12(13)7-11/h5-6,10-13H,3-4,7-8H2,1-2H3,(H,18,22)/t10-,11+,12+,13-/m1/s1. The minimum Gasteiger partial charge on any atom is -0.347 e. The van der Waals surface area contributed by atoms with Crippen LogP contribution in [0.2, 0.25) is 0 Å². The van der Waals surface area contributed by atoms with Crippen molar-refractivity contribution < 1.29 is 4.79 Å². The van der Waals surface area contributed by atoms with E-state index in [1.165, 1.54) is 25.7 Å². The first-order valence-electron chi connectivity index (χ1n) is 8.11. The molecule has 6 nitrogen and oxygen atoms in total. The van der Waals surface area contributed by atoms with Crippen molar-refractivity contribution in [2.45, 2.75) is 45.6 Å². The Morgan fingerprint density at radius 1 is 1.41 bits per heavy atom. The van der Waals surface area contributed by atoms with Crippen molar-refractivity contribution in [3.05, 3.63) is 23.8 Å². The second-order valence-electron chi connectivity index (χ2n) is 6.83. The van der Waals surface area contributed by atoms with Crippen molar-refractivity contribution >= 4 is 11.7 Å². The molecular weight excluding hydrogens is 278 g/mol. The SMILES string of the molecule is Cc1ccnc2nc(C(=O)N[C@H](C)[C@H]3C[C@H]4CC[C@H]3C4)nn12. The van der Waals surface area contributed by atoms with Gasteiger partial charge in [-0.05, 0) is 56.9 Å². The largest absolute Gasteiger partial charge is 0.347 e. The fourth-order valence-electron chi connectivity index (χ4n) is 4.29. The van der Waals surface area contributed by atoms with E-state index in [9.17, 15) is 4.79 Å². The first-order valence-corrected chi connectivity index (χ1v) is 8.11. The molecule has 2 aromatic heterocycles. The zero-order valence-electron chi connectivity index (χ0n) is 13.0. The lowest BCUT2D eigenvalue weighted by Crippen LogP contribution is -2.40. The number of fused-ring (bicyclic) bond motifs is 3. The summed E-state index contributed by atoms with van der Waals surface area (Å²) in [4.78, 5) is 20.8. The number of aryl methyl sites for hydroxylation is 1. The minimum absolute atomic E-state index is 0.184. The van der Waals surface area contributed by atoms with E-state index < -0.39 is 0 Å². The molecule has 1 amide bonds. The van der Waals surface area contributed by atoms with Crippen molar-refractivity contribution in [2.24, 2.45) is 17.8 Å². The average Bonchev–Trinajstić information content (AvgIpc) is 3.22. The monoisotopic (exact) mass is 299 g/mol. The van der Waals surface area contributed by atoms with Crippen LogP contribution in [0.15, 0.2) is 12.3 Å². The zero-order valence-corrected chi connectivity index (χ0v) is 13.0. The van der Waals surface area contributed by atoms with Gasteiger partial charge in [-0.15, -0.1) is 5.10 Å². The van der Waals surface area contributed by atoms with Gasteiger partial charge in [0.1, 0.15) is 0 Å². The Balaban J connectivity index is 1.50. The van der Waals surface area contributed by atoms with Crippen LogP contribution in [0.25, 0.3) is 5.78 Å². The Morgan fingerprint density at radius 3 is 2.95 bits per heavy atom. The van der Waals surface area contributed by atoms with Gasteiger partial charge < -0.3 is 5.32 Å². The van der Waals surface area contributed by atoms with Gasteiger partial charge in [0.05, 0.1) is 0 Å². The van der Waals surface area contributed by atoms with Gasteiger partial charge in [-0.3, -0.25) is 4.79 Å². The van der Waals surface area contributed by atoms with Crippen LogP contribution < -0.4 is 5.32 Å². The van der Waals surface area contributed by atoms with Gasteiger partial charge in [0, 0.05) is 17.9 Å². The molecule has 0 unspecified atom stereocenters. The molecule has 4 atom stereocenters. The summed E-state index contributed by atoms with van der Waals surface area (Å²) in [5.74, 6) is 2.77. The van der Waals surface area contributed by atoms with Gasteiger partial charge >= 0.3 is 0 Å². The summed E-state index contributed by atoms with van der Waals surface area (Å²) in [5, 5.41) is 7.37. The highest BCUT2D eigenvalue weighted by Gasteiger charge is 2.42. The summed E-state index contributed by atoms with van der Waals surface area (Å²) < 4.78 is 1.61. The van der Waals surface area contributed by atoms with E-state index >= 15 is 0 Å². The minimum atomic E-state index is -0.194. The number of carbonyl (C=O) groups excluding carboxylic acids is 1. The Bertz CT molecular complexity index is 724. The van der Waals surface area contributed by atoms with Gasteiger partial charge in [-0.2, -0.15) is 4.98 Å². The van der Waals surface area contributed by atoms with Gasteiger partial charge in [-0.25, -0.2) is 9.50 Å². The Labute approximate surface area is 129 Å². The maximum absolute atomic E-state index is 12.4. The van der Waals surface area contributed by atoms with Crippen molar-refractivity contribution in [2.75, 3.05) is 0 Å². The Morgan fingerprint density at radius 2 is 2.27 bits per heavy atom. The second-order valence-corrected chi connectivity index (χ2v) is 6.83. The number of hydrogen-bond donors (Lipinski definition) is 1. The molecule has 0 radical (unpaired) electrons. The fourth-order valence-corrected chi connectivity index (χ4v) is 4.29. The molecule has 0 aliphatic heterocycles. The molecule has 0 saturated heterocycles. The molecule has 4 rings (SSSR count). The number of rotatable bonds is 3. The topological polar surface area (TPSA) is 72.2 Å². The molecule has 2 fully saturated rings. The molecule has 2 saturated carbocycles. The van der Waals surface area contributed by atoms with Gasteiger partial charge in [0.15, 0.2) is 0 Å². The molecule has 22 heavy (non-hydrogen) atoms. The summed E-state index contributed by atoms with van der Waals surface area (Å²) >= 11 is 0. The van der Waals surface area contributed by atoms with Crippen LogP contribution in [0.5, 0.6) is 0 Å². The van der Waals surface area contributed by atoms with E-state index in [2.05, 4.69) is 27.3 Å². The van der Waals surface area contributed by atoms with Crippen LogP contribution in [0.1, 0.15) is 48.9 Å². The van der Waals surface area contributed by atoms with Crippen molar-refractivity contribution in [1.82, 2.24) is 24.9 Å². The predicted octanol–water partition coefficient (Wildman–Crippen LogP) is 1.99. The fraction of sp³-hybridized carbons (Fsp3) is 0.625. The first kappa shape index (κ1) is 13.7. The normalized spacial score (nSPS) is 28.2. The lowest BCUT2D eigenvalue weighted by Gasteiger charge is -2.28. The summed E-state index contributed by atoms with van der Waals surface area (Å²) in [5.41, 5.74) is 0.915. The smallest absolute Gasteiger partial charge is 0.291 e. The first-order chi connectivity index (χ1) is 10.6. The lowest BCUT2D eigenvalue weighted by atomic mass is 9.84. The van der Waals surface area contributed by atoms with Crippen molar-refractivity contribution in [3.8, 4) is 0 Å². The summed E-state index contributed by atoms with van der Waals surface area (Å²) in [6, 6.07) is 2.03. The number of hydrogen-bond acceptors (Lipinski definition) is 4. The third-order valence-corrected chi connectivity index (χ3v) is 5.43. The van der Waals surface area contributed by atoms with Gasteiger partial charge in [0.2, 0.25) is 5.82 Å². The van der Waals surface area contributed by atoms with E-state index in [4.69, 9.17) is 0 Å². The highest BCUT2D eigenvalue weighted by Crippen LogP contribution is 2.49. The number of nitrogens with one attached hydrogen (secondary N) is 1. The molecule has 2 aromatic rings. The molecule has 2 aliphatic carbocycles. The van der Waals surface area contributed by atoms with Crippen LogP contribution in [0, 0.1) is 24.7 Å². The van der Waals surface area contributed by atoms with Crippen LogP contribution in [0.4, 0.5) is 0 Å². The summed E-state index contributed by atoms with van der Waals surface area (Å²) in [6.07, 6.45) is 6.98. The quantitative estimate of drug-likeness (QED) is 0.940. The van der Waals surface area contributed by atoms with Gasteiger partial charge in [-0.1, -0.05) is 6.42 Å². The maximum Gasteiger partial charge on any atom is 0.291 e. The van der Waals surface area contributed by atoms with Crippen molar-refractivity contribution in [3.63, 3.8) is 0 Å². The van der Waals surface area contributed by atoms with Gasteiger partial charge in [0.25, 0.3) is 11.7 Å². The van der Waals surface area contributed by atoms with E-state index in [1.807, 2.05) is 13.0 Å². The number of carbonyl (C=O) groups is 1. The lowest BCUT2D eigenvalue weighted by molar-refractivity contribution is 0.0905. The average molecular weight is 299 g/mol. The van der Waals surface area contributed by atoms with Crippen LogP contribution in [-0.2, 0) is 0 Å². The summed E-state index contributed by atoms with van der Waals surface area (Å²) in [7, 11) is 0. The molecule has 116 valence electrons. The van der Waals surface area contributed by atoms with E-state index in [1.54, 1.807) is 10.7 Å². The Hall–Kier alpha value is -1.98. The molecule has 2 heterocycles. The number of amides is 1. The van der Waals surface area contributed by atoms with E-state index in [0.717, 1.165) is 17.5 Å². The number of aromatic nitrogens is 4. The Kier molecular flexibility index (Phi) is 3.13. The maximum atomic E-state index is 12.4. The van der Waals surface area contributed by atoms with E-state index in [-0.39, 0.29) is 17.8 Å². The third kappa shape index (κ3) is 2.17. The molecule has 1 N–H and O–H groups in total. The molecule has 2 bridgehead atoms. The molecular formula is C16H21N5O. The zero-order chi connectivity index (χ0) is 15.3. The molecule has 6 heteroatoms. The highest BCUT2D eigenvalue weighted by molar-refractivity contribution is 5.91. The number of nitrogens with zero attached hydrogens (tertiary/aromatic N) is 4. The van der Waals surface area contributed by atoms with Crippen LogP contribution >= 0.6 is 0 Å². The second kappa shape index (κ2) is 5.04. The molecule has 0 aromatic carbocycles. The van der Waals surface area contributed by atoms with Crippen molar-refractivity contribution in [1.29, 1.82) is 0 Å². The predicted molar refractivity (Wildman–Crippen MR) is 81.4 cm³/mol. The third-order valence-electron chi connectivity index (χ3n) is 5.43. The highest BCUT2D eigenvalue weighted by atomic mass is 16.2. The van der Waals surface area contributed by atoms with E-state index in [0.29, 0.717) is 11.7 Å². The van der Waals surface area contributed by atoms with Crippen LogP contribution in [0.3, 0.4) is 0 Å². The van der Waals surface area contributed by atoms with Crippen LogP contribution in [-0.4, -0.2) is 31.5 Å².